The van der Waals surface area contributed by atoms with Gasteiger partial charge < -0.3 is 19.5 Å². The number of carbonyl (C=O) groups excluding carboxylic acids is 1. The summed E-state index contributed by atoms with van der Waals surface area (Å²) in [5.74, 6) is 1.30. The predicted molar refractivity (Wildman–Crippen MR) is 110 cm³/mol. The Bertz CT molecular complexity index is 954. The molecule has 0 spiro atoms. The van der Waals surface area contributed by atoms with E-state index in [9.17, 15) is 4.79 Å². The molecule has 0 bridgehead atoms. The molecular formula is C23H25NO4. The predicted octanol–water partition coefficient (Wildman–Crippen LogP) is 4.19. The van der Waals surface area contributed by atoms with Crippen molar-refractivity contribution < 1.29 is 19.0 Å². The van der Waals surface area contributed by atoms with Crippen LogP contribution < -0.4 is 14.8 Å². The van der Waals surface area contributed by atoms with Crippen molar-refractivity contribution in [1.29, 1.82) is 0 Å². The Morgan fingerprint density at radius 1 is 1.00 bits per heavy atom. The van der Waals surface area contributed by atoms with Gasteiger partial charge in [0.2, 0.25) is 0 Å². The van der Waals surface area contributed by atoms with Crippen molar-refractivity contribution in [3.63, 3.8) is 0 Å². The molecule has 0 fully saturated rings. The minimum atomic E-state index is -0.154. The number of fused-ring (bicyclic) bond motifs is 1. The van der Waals surface area contributed by atoms with Crippen LogP contribution in [0.25, 0.3) is 10.8 Å². The molecule has 1 amide bonds. The number of hydrogen-bond acceptors (Lipinski definition) is 4. The lowest BCUT2D eigenvalue weighted by Crippen LogP contribution is -2.35. The zero-order valence-corrected chi connectivity index (χ0v) is 16.4. The minimum absolute atomic E-state index is 0.0723. The van der Waals surface area contributed by atoms with Crippen molar-refractivity contribution in [2.24, 2.45) is 0 Å². The van der Waals surface area contributed by atoms with Crippen LogP contribution in [-0.2, 0) is 11.3 Å². The number of methoxy groups -OCH3 is 2. The molecule has 0 radical (unpaired) electrons. The zero-order valence-electron chi connectivity index (χ0n) is 16.4. The van der Waals surface area contributed by atoms with E-state index in [1.54, 1.807) is 32.4 Å². The standard InChI is InChI=1S/C23H25NO4/c1-16(14-26-2)24-23(25)19-9-11-22(27-3)20(12-19)15-28-21-10-8-17-6-4-5-7-18(17)13-21/h4-13,16H,14-15H2,1-3H3,(H,24,25)/t16-/m0/s1. The highest BCUT2D eigenvalue weighted by Gasteiger charge is 2.13. The minimum Gasteiger partial charge on any atom is -0.496 e. The molecule has 0 aliphatic heterocycles. The molecule has 1 atom stereocenters. The second-order valence-corrected chi connectivity index (χ2v) is 6.65. The smallest absolute Gasteiger partial charge is 0.251 e. The maximum atomic E-state index is 12.5. The zero-order chi connectivity index (χ0) is 19.9. The van der Waals surface area contributed by atoms with Crippen LogP contribution in [0.2, 0.25) is 0 Å². The van der Waals surface area contributed by atoms with Crippen LogP contribution in [-0.4, -0.2) is 32.8 Å². The molecule has 0 aromatic heterocycles. The Morgan fingerprint density at radius 3 is 2.54 bits per heavy atom. The number of ether oxygens (including phenoxy) is 3. The quantitative estimate of drug-likeness (QED) is 0.638. The summed E-state index contributed by atoms with van der Waals surface area (Å²) in [5, 5.41) is 5.19. The fraction of sp³-hybridized carbons (Fsp3) is 0.261. The molecule has 1 N–H and O–H groups in total. The van der Waals surface area contributed by atoms with Crippen molar-refractivity contribution in [2.45, 2.75) is 19.6 Å². The van der Waals surface area contributed by atoms with Crippen molar-refractivity contribution >= 4 is 16.7 Å². The van der Waals surface area contributed by atoms with E-state index in [1.807, 2.05) is 37.3 Å². The lowest BCUT2D eigenvalue weighted by Gasteiger charge is -2.15. The van der Waals surface area contributed by atoms with Crippen LogP contribution in [0.5, 0.6) is 11.5 Å². The average molecular weight is 379 g/mol. The Kier molecular flexibility index (Phi) is 6.50. The Hall–Kier alpha value is -3.05. The third kappa shape index (κ3) is 4.81. The molecule has 3 aromatic rings. The van der Waals surface area contributed by atoms with Crippen LogP contribution in [0.15, 0.2) is 60.7 Å². The summed E-state index contributed by atoms with van der Waals surface area (Å²) in [6.45, 7) is 2.66. The molecule has 0 heterocycles. The molecule has 3 rings (SSSR count). The van der Waals surface area contributed by atoms with E-state index >= 15 is 0 Å². The van der Waals surface area contributed by atoms with Gasteiger partial charge in [0.05, 0.1) is 13.7 Å². The van der Waals surface area contributed by atoms with Gasteiger partial charge in [-0.1, -0.05) is 30.3 Å². The van der Waals surface area contributed by atoms with Crippen molar-refractivity contribution in [3.05, 3.63) is 71.8 Å². The van der Waals surface area contributed by atoms with E-state index in [1.165, 1.54) is 0 Å². The van der Waals surface area contributed by atoms with E-state index in [0.29, 0.717) is 24.5 Å². The van der Waals surface area contributed by atoms with E-state index in [0.717, 1.165) is 22.1 Å². The molecule has 28 heavy (non-hydrogen) atoms. The molecule has 0 aliphatic rings. The maximum absolute atomic E-state index is 12.5. The Morgan fingerprint density at radius 2 is 1.79 bits per heavy atom. The lowest BCUT2D eigenvalue weighted by atomic mass is 10.1. The number of carbonyl (C=O) groups is 1. The van der Waals surface area contributed by atoms with Crippen LogP contribution in [0, 0.1) is 0 Å². The van der Waals surface area contributed by atoms with E-state index in [4.69, 9.17) is 14.2 Å². The van der Waals surface area contributed by atoms with Gasteiger partial charge >= 0.3 is 0 Å². The maximum Gasteiger partial charge on any atom is 0.251 e. The van der Waals surface area contributed by atoms with Crippen molar-refractivity contribution in [1.82, 2.24) is 5.32 Å². The highest BCUT2D eigenvalue weighted by molar-refractivity contribution is 5.94. The molecule has 0 saturated carbocycles. The summed E-state index contributed by atoms with van der Waals surface area (Å²) in [4.78, 5) is 12.5. The first kappa shape index (κ1) is 19.7. The van der Waals surface area contributed by atoms with Gasteiger partial charge in [0.15, 0.2) is 0 Å². The van der Waals surface area contributed by atoms with Gasteiger partial charge in [-0.05, 0) is 48.0 Å². The number of amides is 1. The van der Waals surface area contributed by atoms with E-state index < -0.39 is 0 Å². The lowest BCUT2D eigenvalue weighted by molar-refractivity contribution is 0.0905. The van der Waals surface area contributed by atoms with Gasteiger partial charge in [0, 0.05) is 24.3 Å². The third-order valence-corrected chi connectivity index (χ3v) is 4.45. The normalized spacial score (nSPS) is 11.8. The molecule has 5 heteroatoms. The first-order valence-electron chi connectivity index (χ1n) is 9.19. The van der Waals surface area contributed by atoms with Gasteiger partial charge in [-0.15, -0.1) is 0 Å². The van der Waals surface area contributed by atoms with Gasteiger partial charge in [0.25, 0.3) is 5.91 Å². The van der Waals surface area contributed by atoms with Gasteiger partial charge in [-0.3, -0.25) is 4.79 Å². The second-order valence-electron chi connectivity index (χ2n) is 6.65. The molecule has 146 valence electrons. The first-order chi connectivity index (χ1) is 13.6. The highest BCUT2D eigenvalue weighted by atomic mass is 16.5. The Balaban J connectivity index is 1.75. The molecule has 3 aromatic carbocycles. The van der Waals surface area contributed by atoms with E-state index in [-0.39, 0.29) is 11.9 Å². The van der Waals surface area contributed by atoms with Gasteiger partial charge in [-0.2, -0.15) is 0 Å². The summed E-state index contributed by atoms with van der Waals surface area (Å²) in [7, 11) is 3.22. The van der Waals surface area contributed by atoms with Crippen LogP contribution >= 0.6 is 0 Å². The average Bonchev–Trinajstić information content (AvgIpc) is 2.72. The summed E-state index contributed by atoms with van der Waals surface area (Å²) in [6.07, 6.45) is 0. The van der Waals surface area contributed by atoms with Crippen LogP contribution in [0.1, 0.15) is 22.8 Å². The monoisotopic (exact) mass is 379 g/mol. The van der Waals surface area contributed by atoms with Crippen molar-refractivity contribution in [3.8, 4) is 11.5 Å². The fourth-order valence-electron chi connectivity index (χ4n) is 3.05. The first-order valence-corrected chi connectivity index (χ1v) is 9.19. The largest absolute Gasteiger partial charge is 0.496 e. The molecule has 0 saturated heterocycles. The van der Waals surface area contributed by atoms with Gasteiger partial charge in [-0.25, -0.2) is 0 Å². The SMILES string of the molecule is COC[C@H](C)NC(=O)c1ccc(OC)c(COc2ccc3ccccc3c2)c1. The third-order valence-electron chi connectivity index (χ3n) is 4.45. The van der Waals surface area contributed by atoms with E-state index in [2.05, 4.69) is 17.4 Å². The molecular weight excluding hydrogens is 354 g/mol. The summed E-state index contributed by atoms with van der Waals surface area (Å²) in [6, 6.07) is 19.4. The number of nitrogens with one attached hydrogen (secondary N) is 1. The summed E-state index contributed by atoms with van der Waals surface area (Å²) in [5.41, 5.74) is 1.36. The van der Waals surface area contributed by atoms with Crippen LogP contribution in [0.3, 0.4) is 0 Å². The molecule has 5 nitrogen and oxygen atoms in total. The summed E-state index contributed by atoms with van der Waals surface area (Å²) >= 11 is 0. The fourth-order valence-corrected chi connectivity index (χ4v) is 3.05. The Labute approximate surface area is 165 Å². The highest BCUT2D eigenvalue weighted by Crippen LogP contribution is 2.25. The number of hydrogen-bond donors (Lipinski definition) is 1. The second kappa shape index (κ2) is 9.24. The molecule has 0 aliphatic carbocycles. The van der Waals surface area contributed by atoms with Gasteiger partial charge in [0.1, 0.15) is 18.1 Å². The van der Waals surface area contributed by atoms with Crippen molar-refractivity contribution in [2.75, 3.05) is 20.8 Å². The number of rotatable bonds is 8. The summed E-state index contributed by atoms with van der Waals surface area (Å²) < 4.78 is 16.5. The molecule has 0 unspecified atom stereocenters. The number of benzene rings is 3. The topological polar surface area (TPSA) is 56.8 Å². The van der Waals surface area contributed by atoms with Crippen LogP contribution in [0.4, 0.5) is 0 Å².